The zero-order chi connectivity index (χ0) is 19.0. The summed E-state index contributed by atoms with van der Waals surface area (Å²) >= 11 is 6.14. The van der Waals surface area contributed by atoms with Gasteiger partial charge in [-0.25, -0.2) is 13.6 Å². The van der Waals surface area contributed by atoms with Crippen LogP contribution in [0.4, 0.5) is 0 Å². The summed E-state index contributed by atoms with van der Waals surface area (Å²) in [6.45, 7) is 1.38. The van der Waals surface area contributed by atoms with Crippen molar-refractivity contribution >= 4 is 27.6 Å². The van der Waals surface area contributed by atoms with Gasteiger partial charge < -0.3 is 10.6 Å². The number of primary sulfonamides is 1. The first kappa shape index (κ1) is 20.2. The van der Waals surface area contributed by atoms with Gasteiger partial charge in [-0.15, -0.1) is 0 Å². The molecule has 2 rings (SSSR count). The summed E-state index contributed by atoms with van der Waals surface area (Å²) in [5.41, 5.74) is 2.10. The van der Waals surface area contributed by atoms with Gasteiger partial charge in [-0.1, -0.05) is 41.9 Å². The average molecular weight is 395 g/mol. The molecule has 0 unspecified atom stereocenters. The lowest BCUT2D eigenvalue weighted by Crippen LogP contribution is -2.39. The molecule has 8 heteroatoms. The van der Waals surface area contributed by atoms with Gasteiger partial charge in [0.1, 0.15) is 0 Å². The average Bonchev–Trinajstić information content (AvgIpc) is 2.61. The van der Waals surface area contributed by atoms with E-state index in [0.29, 0.717) is 19.0 Å². The first-order valence-corrected chi connectivity index (χ1v) is 10.1. The van der Waals surface area contributed by atoms with Crippen LogP contribution in [-0.4, -0.2) is 34.5 Å². The summed E-state index contributed by atoms with van der Waals surface area (Å²) in [4.78, 5) is 4.30. The summed E-state index contributed by atoms with van der Waals surface area (Å²) in [6, 6.07) is 14.3. The third-order valence-electron chi connectivity index (χ3n) is 3.83. The highest BCUT2D eigenvalue weighted by atomic mass is 35.5. The van der Waals surface area contributed by atoms with Crippen molar-refractivity contribution in [1.82, 2.24) is 10.6 Å². The molecular weight excluding hydrogens is 372 g/mol. The minimum absolute atomic E-state index is 0.117. The fourth-order valence-electron chi connectivity index (χ4n) is 2.41. The van der Waals surface area contributed by atoms with Gasteiger partial charge in [0.15, 0.2) is 5.96 Å². The molecule has 0 radical (unpaired) electrons. The van der Waals surface area contributed by atoms with E-state index in [9.17, 15) is 8.42 Å². The predicted molar refractivity (Wildman–Crippen MR) is 106 cm³/mol. The summed E-state index contributed by atoms with van der Waals surface area (Å²) in [5.74, 6) is 0.707. The first-order chi connectivity index (χ1) is 12.4. The predicted octanol–water partition coefficient (Wildman–Crippen LogP) is 1.94. The summed E-state index contributed by atoms with van der Waals surface area (Å²) < 4.78 is 22.5. The molecule has 6 nitrogen and oxygen atoms in total. The third kappa shape index (κ3) is 6.33. The van der Waals surface area contributed by atoms with Crippen molar-refractivity contribution in [2.24, 2.45) is 10.1 Å². The van der Waals surface area contributed by atoms with Crippen LogP contribution in [0.5, 0.6) is 0 Å². The van der Waals surface area contributed by atoms with Crippen molar-refractivity contribution in [2.45, 2.75) is 17.7 Å². The molecule has 0 bridgehead atoms. The number of aliphatic imine (C=N–C) groups is 1. The Morgan fingerprint density at radius 2 is 1.65 bits per heavy atom. The van der Waals surface area contributed by atoms with Gasteiger partial charge in [0.2, 0.25) is 10.0 Å². The Kier molecular flexibility index (Phi) is 7.44. The van der Waals surface area contributed by atoms with Gasteiger partial charge >= 0.3 is 0 Å². The Hall–Kier alpha value is -2.09. The number of hydrogen-bond donors (Lipinski definition) is 3. The van der Waals surface area contributed by atoms with Crippen LogP contribution < -0.4 is 15.8 Å². The van der Waals surface area contributed by atoms with E-state index < -0.39 is 10.0 Å². The number of benzene rings is 2. The molecule has 0 heterocycles. The molecule has 0 aromatic heterocycles. The smallest absolute Gasteiger partial charge is 0.238 e. The van der Waals surface area contributed by atoms with Gasteiger partial charge in [0.25, 0.3) is 0 Å². The van der Waals surface area contributed by atoms with E-state index in [1.807, 2.05) is 24.3 Å². The molecule has 0 saturated heterocycles. The van der Waals surface area contributed by atoms with E-state index >= 15 is 0 Å². The lowest BCUT2D eigenvalue weighted by molar-refractivity contribution is 0.598. The normalized spacial score (nSPS) is 12.0. The molecule has 2 aromatic rings. The number of nitrogens with one attached hydrogen (secondary N) is 2. The van der Waals surface area contributed by atoms with Crippen LogP contribution in [0.2, 0.25) is 5.02 Å². The number of hydrogen-bond acceptors (Lipinski definition) is 3. The van der Waals surface area contributed by atoms with Crippen LogP contribution in [0.15, 0.2) is 58.4 Å². The first-order valence-electron chi connectivity index (χ1n) is 8.20. The van der Waals surface area contributed by atoms with Crippen molar-refractivity contribution in [1.29, 1.82) is 0 Å². The minimum atomic E-state index is -3.65. The molecule has 0 amide bonds. The second-order valence-electron chi connectivity index (χ2n) is 5.71. The zero-order valence-electron chi connectivity index (χ0n) is 14.6. The second-order valence-corrected chi connectivity index (χ2v) is 7.67. The van der Waals surface area contributed by atoms with Gasteiger partial charge in [-0.2, -0.15) is 0 Å². The third-order valence-corrected chi connectivity index (χ3v) is 5.12. The van der Waals surface area contributed by atoms with Gasteiger partial charge in [-0.3, -0.25) is 4.99 Å². The van der Waals surface area contributed by atoms with Crippen molar-refractivity contribution in [3.63, 3.8) is 0 Å². The van der Waals surface area contributed by atoms with Crippen molar-refractivity contribution in [2.75, 3.05) is 20.1 Å². The summed E-state index contributed by atoms with van der Waals surface area (Å²) in [7, 11) is -1.93. The number of rotatable bonds is 7. The Labute approximate surface area is 159 Å². The molecule has 0 saturated carbocycles. The largest absolute Gasteiger partial charge is 0.356 e. The van der Waals surface area contributed by atoms with Gasteiger partial charge in [0.05, 0.1) is 4.90 Å². The zero-order valence-corrected chi connectivity index (χ0v) is 16.1. The maximum atomic E-state index is 11.2. The molecule has 0 spiro atoms. The highest BCUT2D eigenvalue weighted by molar-refractivity contribution is 7.89. The lowest BCUT2D eigenvalue weighted by Gasteiger charge is -2.12. The fourth-order valence-corrected chi connectivity index (χ4v) is 3.15. The monoisotopic (exact) mass is 394 g/mol. The van der Waals surface area contributed by atoms with E-state index in [1.165, 1.54) is 12.1 Å². The molecule has 0 fully saturated rings. The highest BCUT2D eigenvalue weighted by Gasteiger charge is 2.06. The Bertz CT molecular complexity index is 852. The Morgan fingerprint density at radius 3 is 2.23 bits per heavy atom. The van der Waals surface area contributed by atoms with Crippen LogP contribution in [0.25, 0.3) is 0 Å². The standard InChI is InChI=1S/C18H23ClN4O2S/c1-21-18(23-13-11-15-4-2-3-5-17(15)19)22-12-10-14-6-8-16(9-7-14)26(20,24)25/h2-9H,10-13H2,1H3,(H2,20,24,25)(H2,21,22,23). The van der Waals surface area contributed by atoms with E-state index in [-0.39, 0.29) is 4.90 Å². The van der Waals surface area contributed by atoms with Gasteiger partial charge in [0, 0.05) is 25.2 Å². The summed E-state index contributed by atoms with van der Waals surface area (Å²) in [6.07, 6.45) is 1.53. The Morgan fingerprint density at radius 1 is 1.04 bits per heavy atom. The molecule has 2 aromatic carbocycles. The van der Waals surface area contributed by atoms with Crippen molar-refractivity contribution in [3.8, 4) is 0 Å². The Balaban J connectivity index is 1.76. The number of nitrogens with zero attached hydrogens (tertiary/aromatic N) is 1. The van der Waals surface area contributed by atoms with E-state index in [4.69, 9.17) is 16.7 Å². The molecule has 0 aliphatic carbocycles. The summed E-state index contributed by atoms with van der Waals surface area (Å²) in [5, 5.41) is 12.3. The quantitative estimate of drug-likeness (QED) is 0.494. The molecule has 0 atom stereocenters. The van der Waals surface area contributed by atoms with Crippen molar-refractivity contribution in [3.05, 3.63) is 64.7 Å². The number of guanidine groups is 1. The second kappa shape index (κ2) is 9.56. The SMILES string of the molecule is CN=C(NCCc1ccc(S(N)(=O)=O)cc1)NCCc1ccccc1Cl. The lowest BCUT2D eigenvalue weighted by atomic mass is 10.1. The highest BCUT2D eigenvalue weighted by Crippen LogP contribution is 2.14. The fraction of sp³-hybridized carbons (Fsp3) is 0.278. The number of sulfonamides is 1. The van der Waals surface area contributed by atoms with Crippen LogP contribution in [-0.2, 0) is 22.9 Å². The molecule has 4 N–H and O–H groups in total. The van der Waals surface area contributed by atoms with Crippen LogP contribution in [0, 0.1) is 0 Å². The maximum absolute atomic E-state index is 11.2. The van der Waals surface area contributed by atoms with E-state index in [2.05, 4.69) is 15.6 Å². The van der Waals surface area contributed by atoms with E-state index in [0.717, 1.165) is 29.0 Å². The molecule has 0 aliphatic heterocycles. The maximum Gasteiger partial charge on any atom is 0.238 e. The van der Waals surface area contributed by atoms with E-state index in [1.54, 1.807) is 19.2 Å². The minimum Gasteiger partial charge on any atom is -0.356 e. The molecule has 0 aliphatic rings. The topological polar surface area (TPSA) is 96.6 Å². The van der Waals surface area contributed by atoms with Crippen LogP contribution in [0.3, 0.4) is 0 Å². The van der Waals surface area contributed by atoms with Crippen LogP contribution in [0.1, 0.15) is 11.1 Å². The molecule has 140 valence electrons. The molecular formula is C18H23ClN4O2S. The molecule has 26 heavy (non-hydrogen) atoms. The number of halogens is 1. The van der Waals surface area contributed by atoms with Crippen molar-refractivity contribution < 1.29 is 8.42 Å². The van der Waals surface area contributed by atoms with Gasteiger partial charge in [-0.05, 0) is 42.2 Å². The van der Waals surface area contributed by atoms with Crippen LogP contribution >= 0.6 is 11.6 Å². The number of nitrogens with two attached hydrogens (primary N) is 1.